The van der Waals surface area contributed by atoms with E-state index in [2.05, 4.69) is 29.4 Å². The Morgan fingerprint density at radius 2 is 1.86 bits per heavy atom. The Morgan fingerprint density at radius 3 is 2.43 bits per heavy atom. The number of pyridine rings is 1. The molecule has 0 saturated heterocycles. The summed E-state index contributed by atoms with van der Waals surface area (Å²) in [6.07, 6.45) is 1.74. The first-order valence-corrected chi connectivity index (χ1v) is 7.81. The van der Waals surface area contributed by atoms with Crippen LogP contribution in [0.25, 0.3) is 0 Å². The van der Waals surface area contributed by atoms with Gasteiger partial charge in [0.25, 0.3) is 0 Å². The monoisotopic (exact) mass is 300 g/mol. The number of amides is 1. The van der Waals surface area contributed by atoms with E-state index in [1.807, 2.05) is 39.0 Å². The van der Waals surface area contributed by atoms with Crippen molar-refractivity contribution in [2.75, 3.05) is 5.32 Å². The quantitative estimate of drug-likeness (QED) is 0.863. The van der Waals surface area contributed by atoms with Crippen molar-refractivity contribution >= 4 is 23.4 Å². The number of nitrogens with zero attached hydrogens (tertiary/aromatic N) is 1. The molecular weight excluding hydrogens is 280 g/mol. The van der Waals surface area contributed by atoms with Gasteiger partial charge in [-0.2, -0.15) is 0 Å². The highest BCUT2D eigenvalue weighted by molar-refractivity contribution is 8.00. The van der Waals surface area contributed by atoms with Gasteiger partial charge >= 0.3 is 0 Å². The van der Waals surface area contributed by atoms with Crippen LogP contribution in [0.15, 0.2) is 41.6 Å². The van der Waals surface area contributed by atoms with Crippen LogP contribution < -0.4 is 5.32 Å². The molecule has 0 radical (unpaired) electrons. The summed E-state index contributed by atoms with van der Waals surface area (Å²) in [7, 11) is 0. The highest BCUT2D eigenvalue weighted by Crippen LogP contribution is 2.25. The predicted molar refractivity (Wildman–Crippen MR) is 88.8 cm³/mol. The molecule has 1 heterocycles. The maximum Gasteiger partial charge on any atom is 0.237 e. The number of anilines is 1. The summed E-state index contributed by atoms with van der Waals surface area (Å²) < 4.78 is 0. The smallest absolute Gasteiger partial charge is 0.237 e. The molecule has 1 aromatic carbocycles. The van der Waals surface area contributed by atoms with Crippen LogP contribution in [0.5, 0.6) is 0 Å². The molecule has 1 N–H and O–H groups in total. The molecule has 0 aliphatic heterocycles. The number of carbonyl (C=O) groups excluding carboxylic acids is 1. The van der Waals surface area contributed by atoms with Gasteiger partial charge in [-0.15, -0.1) is 0 Å². The van der Waals surface area contributed by atoms with Gasteiger partial charge in [0.2, 0.25) is 5.91 Å². The van der Waals surface area contributed by atoms with Crippen molar-refractivity contribution in [3.05, 3.63) is 53.2 Å². The average Bonchev–Trinajstić information content (AvgIpc) is 2.43. The Bertz CT molecular complexity index is 617. The molecule has 21 heavy (non-hydrogen) atoms. The molecule has 2 aromatic rings. The number of carbonyl (C=O) groups is 1. The Labute approximate surface area is 130 Å². The van der Waals surface area contributed by atoms with Crippen molar-refractivity contribution in [2.45, 2.75) is 38.0 Å². The number of benzene rings is 1. The lowest BCUT2D eigenvalue weighted by Crippen LogP contribution is -2.23. The molecule has 2 rings (SSSR count). The second-order valence-corrected chi connectivity index (χ2v) is 6.55. The van der Waals surface area contributed by atoms with E-state index in [0.29, 0.717) is 0 Å². The Kier molecular flexibility index (Phi) is 5.02. The van der Waals surface area contributed by atoms with E-state index < -0.39 is 0 Å². The van der Waals surface area contributed by atoms with Crippen LogP contribution in [0.2, 0.25) is 0 Å². The van der Waals surface area contributed by atoms with Gasteiger partial charge in [-0.05, 0) is 51.0 Å². The topological polar surface area (TPSA) is 42.0 Å². The minimum atomic E-state index is -0.194. The summed E-state index contributed by atoms with van der Waals surface area (Å²) >= 11 is 1.46. The third-order valence-corrected chi connectivity index (χ3v) is 4.28. The first kappa shape index (κ1) is 15.6. The molecule has 0 saturated carbocycles. The second kappa shape index (κ2) is 6.76. The van der Waals surface area contributed by atoms with Crippen molar-refractivity contribution in [1.82, 2.24) is 4.98 Å². The zero-order valence-corrected chi connectivity index (χ0v) is 13.6. The molecule has 110 valence electrons. The first-order valence-electron chi connectivity index (χ1n) is 6.94. The molecule has 1 aromatic heterocycles. The van der Waals surface area contributed by atoms with E-state index in [0.717, 1.165) is 21.8 Å². The predicted octanol–water partition coefficient (Wildman–Crippen LogP) is 4.13. The normalized spacial score (nSPS) is 12.0. The van der Waals surface area contributed by atoms with E-state index in [9.17, 15) is 4.79 Å². The van der Waals surface area contributed by atoms with E-state index in [1.165, 1.54) is 17.3 Å². The Hall–Kier alpha value is -1.81. The molecule has 0 fully saturated rings. The molecule has 3 nitrogen and oxygen atoms in total. The number of rotatable bonds is 4. The molecule has 0 spiro atoms. The Morgan fingerprint density at radius 1 is 1.19 bits per heavy atom. The Balaban J connectivity index is 2.08. The van der Waals surface area contributed by atoms with Crippen LogP contribution in [0, 0.1) is 20.8 Å². The van der Waals surface area contributed by atoms with Gasteiger partial charge in [0.1, 0.15) is 0 Å². The molecule has 1 unspecified atom stereocenters. The van der Waals surface area contributed by atoms with E-state index in [-0.39, 0.29) is 11.2 Å². The van der Waals surface area contributed by atoms with Crippen LogP contribution in [-0.2, 0) is 4.79 Å². The van der Waals surface area contributed by atoms with Gasteiger partial charge in [0, 0.05) is 11.9 Å². The van der Waals surface area contributed by atoms with Gasteiger partial charge in [-0.25, -0.2) is 4.98 Å². The first-order chi connectivity index (χ1) is 9.97. The number of nitrogens with one attached hydrogen (secondary N) is 1. The van der Waals surface area contributed by atoms with Crippen molar-refractivity contribution in [3.63, 3.8) is 0 Å². The highest BCUT2D eigenvalue weighted by Gasteiger charge is 2.16. The number of aryl methyl sites for hydroxylation is 3. The third kappa shape index (κ3) is 4.08. The summed E-state index contributed by atoms with van der Waals surface area (Å²) in [5.74, 6) is 0.000654. The van der Waals surface area contributed by atoms with Gasteiger partial charge in [0.15, 0.2) is 0 Å². The highest BCUT2D eigenvalue weighted by atomic mass is 32.2. The second-order valence-electron chi connectivity index (χ2n) is 5.19. The maximum atomic E-state index is 12.3. The van der Waals surface area contributed by atoms with Crippen molar-refractivity contribution in [3.8, 4) is 0 Å². The number of hydrogen-bond donors (Lipinski definition) is 1. The summed E-state index contributed by atoms with van der Waals surface area (Å²) in [4.78, 5) is 16.6. The largest absolute Gasteiger partial charge is 0.325 e. The number of thioether (sulfide) groups is 1. The lowest BCUT2D eigenvalue weighted by atomic mass is 10.1. The SMILES string of the molecule is Cc1cc(C)c(NC(=O)C(C)Sc2ccccn2)c(C)c1. The van der Waals surface area contributed by atoms with Crippen LogP contribution in [0.3, 0.4) is 0 Å². The molecule has 0 aliphatic carbocycles. The maximum absolute atomic E-state index is 12.3. The van der Waals surface area contributed by atoms with Crippen molar-refractivity contribution < 1.29 is 4.79 Å². The lowest BCUT2D eigenvalue weighted by molar-refractivity contribution is -0.115. The molecule has 4 heteroatoms. The fourth-order valence-corrected chi connectivity index (χ4v) is 3.06. The summed E-state index contributed by atoms with van der Waals surface area (Å²) in [5.41, 5.74) is 4.31. The lowest BCUT2D eigenvalue weighted by Gasteiger charge is -2.16. The fraction of sp³-hybridized carbons (Fsp3) is 0.294. The fourth-order valence-electron chi connectivity index (χ4n) is 2.25. The standard InChI is InChI=1S/C17H20N2OS/c1-11-9-12(2)16(13(3)10-11)19-17(20)14(4)21-15-7-5-6-8-18-15/h5-10,14H,1-4H3,(H,19,20). The van der Waals surface area contributed by atoms with Crippen LogP contribution >= 0.6 is 11.8 Å². The van der Waals surface area contributed by atoms with Crippen LogP contribution in [0.4, 0.5) is 5.69 Å². The molecule has 0 aliphatic rings. The van der Waals surface area contributed by atoms with E-state index >= 15 is 0 Å². The minimum Gasteiger partial charge on any atom is -0.325 e. The van der Waals surface area contributed by atoms with Crippen LogP contribution in [0.1, 0.15) is 23.6 Å². The van der Waals surface area contributed by atoms with Gasteiger partial charge < -0.3 is 5.32 Å². The van der Waals surface area contributed by atoms with E-state index in [1.54, 1.807) is 6.20 Å². The molecular formula is C17H20N2OS. The van der Waals surface area contributed by atoms with E-state index in [4.69, 9.17) is 0 Å². The average molecular weight is 300 g/mol. The summed E-state index contributed by atoms with van der Waals surface area (Å²) in [6.45, 7) is 8.00. The number of hydrogen-bond acceptors (Lipinski definition) is 3. The van der Waals surface area contributed by atoms with Crippen molar-refractivity contribution in [1.29, 1.82) is 0 Å². The third-order valence-electron chi connectivity index (χ3n) is 3.23. The van der Waals surface area contributed by atoms with Gasteiger partial charge in [-0.1, -0.05) is 35.5 Å². The summed E-state index contributed by atoms with van der Waals surface area (Å²) in [6, 6.07) is 9.87. The van der Waals surface area contributed by atoms with Gasteiger partial charge in [-0.3, -0.25) is 4.79 Å². The zero-order chi connectivity index (χ0) is 15.4. The van der Waals surface area contributed by atoms with Gasteiger partial charge in [0.05, 0.1) is 10.3 Å². The molecule has 1 amide bonds. The molecule has 1 atom stereocenters. The van der Waals surface area contributed by atoms with Crippen molar-refractivity contribution in [2.24, 2.45) is 0 Å². The summed E-state index contributed by atoms with van der Waals surface area (Å²) in [5, 5.41) is 3.70. The number of aromatic nitrogens is 1. The zero-order valence-electron chi connectivity index (χ0n) is 12.8. The van der Waals surface area contributed by atoms with Crippen LogP contribution in [-0.4, -0.2) is 16.1 Å². The minimum absolute atomic E-state index is 0.000654. The molecule has 0 bridgehead atoms.